The van der Waals surface area contributed by atoms with Crippen LogP contribution in [-0.2, 0) is 4.74 Å². The lowest BCUT2D eigenvalue weighted by Gasteiger charge is -2.03. The lowest BCUT2D eigenvalue weighted by atomic mass is 10.4. The molecule has 2 N–H and O–H groups in total. The van der Waals surface area contributed by atoms with Crippen molar-refractivity contribution in [3.8, 4) is 11.4 Å². The molecule has 0 aliphatic heterocycles. The number of anilines is 1. The predicted octanol–water partition coefficient (Wildman–Crippen LogP) is 0.645. The molecule has 2 aromatic heterocycles. The zero-order valence-electron chi connectivity index (χ0n) is 9.95. The number of pyridine rings is 1. The second-order valence-corrected chi connectivity index (χ2v) is 3.45. The molecule has 94 valence electrons. The van der Waals surface area contributed by atoms with E-state index in [4.69, 9.17) is 10.5 Å². The summed E-state index contributed by atoms with van der Waals surface area (Å²) in [5.74, 6) is 0.00305. The maximum atomic E-state index is 11.4. The van der Waals surface area contributed by atoms with Crippen LogP contribution in [0.1, 0.15) is 10.5 Å². The van der Waals surface area contributed by atoms with Gasteiger partial charge in [-0.25, -0.2) is 9.48 Å². The van der Waals surface area contributed by atoms with Gasteiger partial charge in [-0.15, -0.1) is 0 Å². The van der Waals surface area contributed by atoms with E-state index in [1.165, 1.54) is 25.1 Å². The van der Waals surface area contributed by atoms with E-state index >= 15 is 0 Å². The van der Waals surface area contributed by atoms with E-state index in [1.54, 1.807) is 18.5 Å². The van der Waals surface area contributed by atoms with Crippen LogP contribution in [0.5, 0.6) is 5.75 Å². The molecule has 0 saturated heterocycles. The Labute approximate surface area is 103 Å². The summed E-state index contributed by atoms with van der Waals surface area (Å²) in [4.78, 5) is 15.4. The summed E-state index contributed by atoms with van der Waals surface area (Å²) in [5.41, 5.74) is 6.64. The molecule has 0 saturated carbocycles. The summed E-state index contributed by atoms with van der Waals surface area (Å²) in [6.07, 6.45) is 4.66. The predicted molar refractivity (Wildman–Crippen MR) is 63.7 cm³/mol. The van der Waals surface area contributed by atoms with Gasteiger partial charge in [0.05, 0.1) is 44.2 Å². The van der Waals surface area contributed by atoms with Crippen LogP contribution < -0.4 is 10.5 Å². The van der Waals surface area contributed by atoms with Crippen LogP contribution in [0.2, 0.25) is 0 Å². The number of hydrogen-bond acceptors (Lipinski definition) is 6. The van der Waals surface area contributed by atoms with Gasteiger partial charge in [-0.2, -0.15) is 5.10 Å². The number of esters is 1. The number of carbonyl (C=O) groups is 1. The Bertz CT molecular complexity index is 579. The molecule has 18 heavy (non-hydrogen) atoms. The maximum absolute atomic E-state index is 11.4. The van der Waals surface area contributed by atoms with Crippen molar-refractivity contribution in [2.45, 2.75) is 0 Å². The Hall–Kier alpha value is -2.57. The van der Waals surface area contributed by atoms with Crippen molar-refractivity contribution >= 4 is 11.7 Å². The third kappa shape index (κ3) is 2.10. The lowest BCUT2D eigenvalue weighted by molar-refractivity contribution is 0.0594. The van der Waals surface area contributed by atoms with Gasteiger partial charge in [-0.3, -0.25) is 4.98 Å². The molecule has 0 fully saturated rings. The molecule has 7 nitrogen and oxygen atoms in total. The number of methoxy groups -OCH3 is 2. The molecule has 0 aliphatic carbocycles. The summed E-state index contributed by atoms with van der Waals surface area (Å²) in [6, 6.07) is 1.72. The first-order valence-corrected chi connectivity index (χ1v) is 5.08. The fourth-order valence-corrected chi connectivity index (χ4v) is 1.42. The second kappa shape index (κ2) is 4.74. The van der Waals surface area contributed by atoms with Crippen LogP contribution >= 0.6 is 0 Å². The molecule has 0 aromatic carbocycles. The highest BCUT2D eigenvalue weighted by molar-refractivity contribution is 5.92. The van der Waals surface area contributed by atoms with Gasteiger partial charge >= 0.3 is 5.97 Å². The highest BCUT2D eigenvalue weighted by Crippen LogP contribution is 2.17. The monoisotopic (exact) mass is 248 g/mol. The fraction of sp³-hybridized carbons (Fsp3) is 0.182. The molecule has 2 heterocycles. The average Bonchev–Trinajstić information content (AvgIpc) is 2.80. The molecule has 0 amide bonds. The molecule has 0 unspecified atom stereocenters. The van der Waals surface area contributed by atoms with E-state index in [0.717, 1.165) is 0 Å². The number of nitrogens with two attached hydrogens (primary N) is 1. The minimum Gasteiger partial charge on any atom is -0.495 e. The zero-order chi connectivity index (χ0) is 13.1. The van der Waals surface area contributed by atoms with E-state index < -0.39 is 5.97 Å². The number of nitrogens with zero attached hydrogens (tertiary/aromatic N) is 3. The molecule has 0 spiro atoms. The first kappa shape index (κ1) is 11.9. The van der Waals surface area contributed by atoms with Crippen molar-refractivity contribution in [2.75, 3.05) is 20.0 Å². The Morgan fingerprint density at radius 1 is 1.39 bits per heavy atom. The number of carbonyl (C=O) groups excluding carboxylic acids is 1. The van der Waals surface area contributed by atoms with Crippen molar-refractivity contribution < 1.29 is 14.3 Å². The van der Waals surface area contributed by atoms with Crippen molar-refractivity contribution in [3.63, 3.8) is 0 Å². The second-order valence-electron chi connectivity index (χ2n) is 3.45. The van der Waals surface area contributed by atoms with Crippen LogP contribution in [0.3, 0.4) is 0 Å². The molecule has 0 atom stereocenters. The van der Waals surface area contributed by atoms with Gasteiger partial charge in [0.15, 0.2) is 5.69 Å². The van der Waals surface area contributed by atoms with Crippen LogP contribution in [0.25, 0.3) is 5.69 Å². The Kier molecular flexibility index (Phi) is 3.13. The smallest absolute Gasteiger partial charge is 0.360 e. The van der Waals surface area contributed by atoms with Gasteiger partial charge < -0.3 is 15.2 Å². The average molecular weight is 248 g/mol. The minimum absolute atomic E-state index is 0.0697. The third-order valence-corrected chi connectivity index (χ3v) is 2.32. The van der Waals surface area contributed by atoms with E-state index in [9.17, 15) is 4.79 Å². The first-order chi connectivity index (χ1) is 8.65. The standard InChI is InChI=1S/C11H12N4O3/c1-17-8-3-7(4-13-5-8)15-6-9(12)10(14-15)11(16)18-2/h3-6H,12H2,1-2H3. The minimum atomic E-state index is -0.581. The number of hydrogen-bond donors (Lipinski definition) is 1. The van der Waals surface area contributed by atoms with E-state index in [-0.39, 0.29) is 11.4 Å². The fourth-order valence-electron chi connectivity index (χ4n) is 1.42. The van der Waals surface area contributed by atoms with Gasteiger partial charge in [-0.1, -0.05) is 0 Å². The summed E-state index contributed by atoms with van der Waals surface area (Å²) in [7, 11) is 2.81. The number of ether oxygens (including phenoxy) is 2. The van der Waals surface area contributed by atoms with Gasteiger partial charge in [0.25, 0.3) is 0 Å². The molecule has 0 radical (unpaired) electrons. The van der Waals surface area contributed by atoms with Crippen molar-refractivity contribution in [1.29, 1.82) is 0 Å². The van der Waals surface area contributed by atoms with Crippen LogP contribution in [0, 0.1) is 0 Å². The van der Waals surface area contributed by atoms with Crippen LogP contribution in [-0.4, -0.2) is 35.0 Å². The van der Waals surface area contributed by atoms with Crippen molar-refractivity contribution in [2.24, 2.45) is 0 Å². The summed E-state index contributed by atoms with van der Waals surface area (Å²) < 4.78 is 11.1. The highest BCUT2D eigenvalue weighted by atomic mass is 16.5. The van der Waals surface area contributed by atoms with Crippen molar-refractivity contribution in [1.82, 2.24) is 14.8 Å². The first-order valence-electron chi connectivity index (χ1n) is 5.08. The number of rotatable bonds is 3. The van der Waals surface area contributed by atoms with Crippen LogP contribution in [0.15, 0.2) is 24.7 Å². The van der Waals surface area contributed by atoms with Gasteiger partial charge in [0.2, 0.25) is 0 Å². The van der Waals surface area contributed by atoms with Gasteiger partial charge in [-0.05, 0) is 0 Å². The van der Waals surface area contributed by atoms with Gasteiger partial charge in [0.1, 0.15) is 5.75 Å². The number of aromatic nitrogens is 3. The summed E-state index contributed by atoms with van der Waals surface area (Å²) in [6.45, 7) is 0. The van der Waals surface area contributed by atoms with Gasteiger partial charge in [0, 0.05) is 6.07 Å². The normalized spacial score (nSPS) is 10.1. The highest BCUT2D eigenvalue weighted by Gasteiger charge is 2.16. The summed E-state index contributed by atoms with van der Waals surface area (Å²) in [5, 5.41) is 4.05. The molecular formula is C11H12N4O3. The quantitative estimate of drug-likeness (QED) is 0.801. The SMILES string of the molecule is COC(=O)c1nn(-c2cncc(OC)c2)cc1N. The largest absolute Gasteiger partial charge is 0.495 e. The Morgan fingerprint density at radius 3 is 2.83 bits per heavy atom. The molecule has 2 aromatic rings. The Balaban J connectivity index is 2.42. The lowest BCUT2D eigenvalue weighted by Crippen LogP contribution is -2.06. The van der Waals surface area contributed by atoms with Crippen molar-refractivity contribution in [3.05, 3.63) is 30.4 Å². The molecule has 0 aliphatic rings. The third-order valence-electron chi connectivity index (χ3n) is 2.32. The molecular weight excluding hydrogens is 236 g/mol. The van der Waals surface area contributed by atoms with E-state index in [1.807, 2.05) is 0 Å². The topological polar surface area (TPSA) is 92.3 Å². The Morgan fingerprint density at radius 2 is 2.17 bits per heavy atom. The zero-order valence-corrected chi connectivity index (χ0v) is 9.95. The number of nitrogen functional groups attached to an aromatic ring is 1. The molecule has 2 rings (SSSR count). The molecule has 0 bridgehead atoms. The summed E-state index contributed by atoms with van der Waals surface area (Å²) >= 11 is 0. The molecule has 7 heteroatoms. The van der Waals surface area contributed by atoms with E-state index in [2.05, 4.69) is 14.8 Å². The maximum Gasteiger partial charge on any atom is 0.360 e. The van der Waals surface area contributed by atoms with E-state index in [0.29, 0.717) is 11.4 Å². The van der Waals surface area contributed by atoms with Crippen LogP contribution in [0.4, 0.5) is 5.69 Å².